The van der Waals surface area contributed by atoms with E-state index in [0.29, 0.717) is 11.1 Å². The van der Waals surface area contributed by atoms with Crippen LogP contribution in [0.5, 0.6) is 0 Å². The van der Waals surface area contributed by atoms with Gasteiger partial charge in [0.25, 0.3) is 0 Å². The van der Waals surface area contributed by atoms with Crippen LogP contribution in [0.15, 0.2) is 24.3 Å². The van der Waals surface area contributed by atoms with E-state index in [-0.39, 0.29) is 0 Å². The molecule has 0 nitrogen and oxygen atoms in total. The van der Waals surface area contributed by atoms with Crippen LogP contribution in [0.1, 0.15) is 12.5 Å². The van der Waals surface area contributed by atoms with Crippen LogP contribution in [0.2, 0.25) is 5.02 Å². The van der Waals surface area contributed by atoms with Gasteiger partial charge in [-0.3, -0.25) is 0 Å². The van der Waals surface area contributed by atoms with Gasteiger partial charge in [-0.2, -0.15) is 11.8 Å². The molecule has 1 unspecified atom stereocenters. The third kappa shape index (κ3) is 4.26. The van der Waals surface area contributed by atoms with E-state index in [4.69, 9.17) is 23.2 Å². The lowest BCUT2D eigenvalue weighted by Crippen LogP contribution is -1.97. The van der Waals surface area contributed by atoms with Crippen molar-refractivity contribution in [1.82, 2.24) is 0 Å². The zero-order valence-corrected chi connectivity index (χ0v) is 9.79. The van der Waals surface area contributed by atoms with Crippen molar-refractivity contribution in [3.8, 4) is 0 Å². The molecule has 3 heteroatoms. The average molecular weight is 235 g/mol. The molecule has 72 valence electrons. The molecule has 0 aliphatic rings. The van der Waals surface area contributed by atoms with E-state index in [1.54, 1.807) is 0 Å². The predicted molar refractivity (Wildman–Crippen MR) is 62.9 cm³/mol. The lowest BCUT2D eigenvalue weighted by Gasteiger charge is -2.06. The Morgan fingerprint density at radius 2 is 2.23 bits per heavy atom. The maximum atomic E-state index is 5.86. The van der Waals surface area contributed by atoms with Gasteiger partial charge in [-0.05, 0) is 17.7 Å². The van der Waals surface area contributed by atoms with E-state index >= 15 is 0 Å². The molecule has 0 saturated heterocycles. The highest BCUT2D eigenvalue weighted by molar-refractivity contribution is 7.99. The highest BCUT2D eigenvalue weighted by Gasteiger charge is 2.01. The number of halogens is 2. The first-order valence-electron chi connectivity index (χ1n) is 4.14. The smallest absolute Gasteiger partial charge is 0.0409 e. The van der Waals surface area contributed by atoms with Gasteiger partial charge < -0.3 is 0 Å². The molecular weight excluding hydrogens is 223 g/mol. The number of rotatable bonds is 4. The maximum absolute atomic E-state index is 5.86. The molecular formula is C10H12Cl2S. The Bertz CT molecular complexity index is 263. The Balaban J connectivity index is 2.45. The third-order valence-electron chi connectivity index (χ3n) is 1.64. The van der Waals surface area contributed by atoms with E-state index in [2.05, 4.69) is 13.0 Å². The second-order valence-electron chi connectivity index (χ2n) is 2.91. The Morgan fingerprint density at radius 1 is 1.46 bits per heavy atom. The van der Waals surface area contributed by atoms with Crippen molar-refractivity contribution in [2.24, 2.45) is 0 Å². The van der Waals surface area contributed by atoms with Gasteiger partial charge in [0.1, 0.15) is 0 Å². The number of hydrogen-bond acceptors (Lipinski definition) is 1. The van der Waals surface area contributed by atoms with Gasteiger partial charge in [0.15, 0.2) is 0 Å². The van der Waals surface area contributed by atoms with Crippen molar-refractivity contribution in [3.05, 3.63) is 34.9 Å². The Kier molecular flexibility index (Phi) is 5.00. The molecule has 0 heterocycles. The number of alkyl halides is 1. The van der Waals surface area contributed by atoms with Gasteiger partial charge in [-0.15, -0.1) is 11.6 Å². The summed E-state index contributed by atoms with van der Waals surface area (Å²) in [4.78, 5) is 0. The molecule has 0 radical (unpaired) electrons. The van der Waals surface area contributed by atoms with Crippen LogP contribution >= 0.6 is 35.0 Å². The molecule has 1 atom stereocenters. The Morgan fingerprint density at radius 3 is 2.85 bits per heavy atom. The third-order valence-corrected chi connectivity index (χ3v) is 3.76. The lowest BCUT2D eigenvalue weighted by molar-refractivity contribution is 1.12. The fourth-order valence-electron chi connectivity index (χ4n) is 0.910. The normalized spacial score (nSPS) is 12.8. The first-order valence-corrected chi connectivity index (χ1v) is 6.10. The molecule has 13 heavy (non-hydrogen) atoms. The standard InChI is InChI=1S/C10H12Cl2S/c1-8(6-11)13-7-9-3-2-4-10(12)5-9/h2-5,8H,6-7H2,1H3. The summed E-state index contributed by atoms with van der Waals surface area (Å²) < 4.78 is 0. The molecule has 1 aromatic rings. The number of benzene rings is 1. The average Bonchev–Trinajstić information content (AvgIpc) is 2.14. The molecule has 0 N–H and O–H groups in total. The van der Waals surface area contributed by atoms with Crippen molar-refractivity contribution in [2.75, 3.05) is 5.88 Å². The van der Waals surface area contributed by atoms with Crippen molar-refractivity contribution in [2.45, 2.75) is 17.9 Å². The van der Waals surface area contributed by atoms with E-state index in [9.17, 15) is 0 Å². The topological polar surface area (TPSA) is 0 Å². The first-order chi connectivity index (χ1) is 6.22. The quantitative estimate of drug-likeness (QED) is 0.705. The van der Waals surface area contributed by atoms with Crippen LogP contribution < -0.4 is 0 Å². The minimum absolute atomic E-state index is 0.501. The van der Waals surface area contributed by atoms with Gasteiger partial charge in [0.05, 0.1) is 0 Å². The van der Waals surface area contributed by atoms with Crippen molar-refractivity contribution in [3.63, 3.8) is 0 Å². The van der Waals surface area contributed by atoms with E-state index in [1.165, 1.54) is 5.56 Å². The van der Waals surface area contributed by atoms with Crippen molar-refractivity contribution in [1.29, 1.82) is 0 Å². The fourth-order valence-corrected chi connectivity index (χ4v) is 2.14. The van der Waals surface area contributed by atoms with Crippen LogP contribution in [0.25, 0.3) is 0 Å². The molecule has 1 rings (SSSR count). The Labute approximate surface area is 93.6 Å². The summed E-state index contributed by atoms with van der Waals surface area (Å²) in [5.74, 6) is 1.68. The first kappa shape index (κ1) is 11.2. The molecule has 0 aromatic heterocycles. The second kappa shape index (κ2) is 5.79. The molecule has 0 bridgehead atoms. The zero-order chi connectivity index (χ0) is 9.68. The largest absolute Gasteiger partial charge is 0.153 e. The lowest BCUT2D eigenvalue weighted by atomic mass is 10.2. The summed E-state index contributed by atoms with van der Waals surface area (Å²) in [7, 11) is 0. The molecule has 0 spiro atoms. The highest BCUT2D eigenvalue weighted by atomic mass is 35.5. The predicted octanol–water partition coefficient (Wildman–Crippen LogP) is 4.20. The minimum atomic E-state index is 0.501. The van der Waals surface area contributed by atoms with Gasteiger partial charge in [0, 0.05) is 21.9 Å². The van der Waals surface area contributed by atoms with E-state index < -0.39 is 0 Å². The second-order valence-corrected chi connectivity index (χ2v) is 5.08. The van der Waals surface area contributed by atoms with Gasteiger partial charge in [-0.25, -0.2) is 0 Å². The monoisotopic (exact) mass is 234 g/mol. The van der Waals surface area contributed by atoms with E-state index in [0.717, 1.165) is 10.8 Å². The SMILES string of the molecule is CC(CCl)SCc1cccc(Cl)c1. The van der Waals surface area contributed by atoms with Gasteiger partial charge >= 0.3 is 0 Å². The molecule has 0 saturated carbocycles. The Hall–Kier alpha value is 0.150. The minimum Gasteiger partial charge on any atom is -0.153 e. The summed E-state index contributed by atoms with van der Waals surface area (Å²) in [6.45, 7) is 2.13. The van der Waals surface area contributed by atoms with Crippen LogP contribution in [-0.2, 0) is 5.75 Å². The number of hydrogen-bond donors (Lipinski definition) is 0. The van der Waals surface area contributed by atoms with E-state index in [1.807, 2.05) is 30.0 Å². The zero-order valence-electron chi connectivity index (χ0n) is 7.47. The van der Waals surface area contributed by atoms with Crippen LogP contribution in [0.4, 0.5) is 0 Å². The summed E-state index contributed by atoms with van der Waals surface area (Å²) in [5, 5.41) is 1.30. The molecule has 0 amide bonds. The summed E-state index contributed by atoms with van der Waals surface area (Å²) in [6, 6.07) is 7.94. The maximum Gasteiger partial charge on any atom is 0.0409 e. The molecule has 1 aromatic carbocycles. The summed E-state index contributed by atoms with van der Waals surface area (Å²) in [5.41, 5.74) is 1.26. The van der Waals surface area contributed by atoms with Gasteiger partial charge in [0.2, 0.25) is 0 Å². The summed E-state index contributed by atoms with van der Waals surface area (Å²) in [6.07, 6.45) is 0. The summed E-state index contributed by atoms with van der Waals surface area (Å²) >= 11 is 13.4. The molecule has 0 aliphatic carbocycles. The van der Waals surface area contributed by atoms with Crippen LogP contribution in [0, 0.1) is 0 Å². The molecule has 0 fully saturated rings. The highest BCUT2D eigenvalue weighted by Crippen LogP contribution is 2.20. The molecule has 0 aliphatic heterocycles. The van der Waals surface area contributed by atoms with Crippen LogP contribution in [0.3, 0.4) is 0 Å². The van der Waals surface area contributed by atoms with Gasteiger partial charge in [-0.1, -0.05) is 30.7 Å². The van der Waals surface area contributed by atoms with Crippen molar-refractivity contribution < 1.29 is 0 Å². The van der Waals surface area contributed by atoms with Crippen molar-refractivity contribution >= 4 is 35.0 Å². The number of thioether (sulfide) groups is 1. The van der Waals surface area contributed by atoms with Crippen LogP contribution in [-0.4, -0.2) is 11.1 Å². The fraction of sp³-hybridized carbons (Fsp3) is 0.400.